The van der Waals surface area contributed by atoms with Crippen molar-refractivity contribution < 1.29 is 0 Å². The van der Waals surface area contributed by atoms with E-state index in [-0.39, 0.29) is 0 Å². The Kier molecular flexibility index (Phi) is 3.88. The zero-order chi connectivity index (χ0) is 13.9. The van der Waals surface area contributed by atoms with Gasteiger partial charge < -0.3 is 0 Å². The molecule has 1 aliphatic heterocycles. The van der Waals surface area contributed by atoms with Crippen LogP contribution in [-0.4, -0.2) is 27.3 Å². The fourth-order valence-electron chi connectivity index (χ4n) is 3.19. The number of rotatable bonds is 4. The van der Waals surface area contributed by atoms with Gasteiger partial charge in [-0.1, -0.05) is 30.3 Å². The topological polar surface area (TPSA) is 21.1 Å². The Balaban J connectivity index is 1.68. The Morgan fingerprint density at radius 2 is 2.00 bits per heavy atom. The maximum absolute atomic E-state index is 4.61. The zero-order valence-electron chi connectivity index (χ0n) is 12.4. The van der Waals surface area contributed by atoms with Gasteiger partial charge in [0.1, 0.15) is 0 Å². The normalized spacial score (nSPS) is 19.6. The molecule has 106 valence electrons. The van der Waals surface area contributed by atoms with E-state index in [2.05, 4.69) is 64.9 Å². The van der Waals surface area contributed by atoms with Crippen LogP contribution in [0.4, 0.5) is 0 Å². The van der Waals surface area contributed by atoms with Gasteiger partial charge >= 0.3 is 0 Å². The van der Waals surface area contributed by atoms with E-state index < -0.39 is 0 Å². The van der Waals surface area contributed by atoms with Gasteiger partial charge in [0.2, 0.25) is 0 Å². The van der Waals surface area contributed by atoms with Crippen LogP contribution in [0.3, 0.4) is 0 Å². The quantitative estimate of drug-likeness (QED) is 0.850. The molecule has 1 atom stereocenters. The number of benzene rings is 1. The van der Waals surface area contributed by atoms with Crippen LogP contribution in [0.1, 0.15) is 29.8 Å². The van der Waals surface area contributed by atoms with Gasteiger partial charge in [0.05, 0.1) is 12.2 Å². The Bertz CT molecular complexity index is 559. The summed E-state index contributed by atoms with van der Waals surface area (Å²) in [7, 11) is 0. The van der Waals surface area contributed by atoms with Crippen molar-refractivity contribution in [3.8, 4) is 0 Å². The number of aromatic nitrogens is 2. The molecule has 3 rings (SSSR count). The summed E-state index contributed by atoms with van der Waals surface area (Å²) in [5.41, 5.74) is 3.80. The minimum Gasteiger partial charge on any atom is -0.294 e. The second-order valence-corrected chi connectivity index (χ2v) is 5.86. The SMILES string of the molecule is Cc1cc(C)n(C[C@H]2CCCN2Cc2ccccc2)n1. The molecule has 0 saturated carbocycles. The fraction of sp³-hybridized carbons (Fsp3) is 0.471. The van der Waals surface area contributed by atoms with E-state index in [1.165, 1.54) is 30.6 Å². The van der Waals surface area contributed by atoms with Crippen molar-refractivity contribution in [3.05, 3.63) is 53.3 Å². The number of aryl methyl sites for hydroxylation is 2. The average molecular weight is 269 g/mol. The molecular formula is C17H23N3. The monoisotopic (exact) mass is 269 g/mol. The standard InChI is InChI=1S/C17H23N3/c1-14-11-15(2)20(18-14)13-17-9-6-10-19(17)12-16-7-4-3-5-8-16/h3-5,7-8,11,17H,6,9-10,12-13H2,1-2H3/t17-/m1/s1. The summed E-state index contributed by atoms with van der Waals surface area (Å²) in [4.78, 5) is 2.60. The van der Waals surface area contributed by atoms with Crippen LogP contribution in [0.15, 0.2) is 36.4 Å². The van der Waals surface area contributed by atoms with Crippen LogP contribution < -0.4 is 0 Å². The van der Waals surface area contributed by atoms with Gasteiger partial charge in [0.25, 0.3) is 0 Å². The number of likely N-dealkylation sites (tertiary alicyclic amines) is 1. The van der Waals surface area contributed by atoms with Crippen molar-refractivity contribution in [2.24, 2.45) is 0 Å². The zero-order valence-corrected chi connectivity index (χ0v) is 12.4. The lowest BCUT2D eigenvalue weighted by Crippen LogP contribution is -2.33. The molecule has 2 heterocycles. The average Bonchev–Trinajstić information content (AvgIpc) is 2.99. The minimum absolute atomic E-state index is 0.619. The van der Waals surface area contributed by atoms with Gasteiger partial charge in [0.15, 0.2) is 0 Å². The Hall–Kier alpha value is -1.61. The van der Waals surface area contributed by atoms with Crippen molar-refractivity contribution in [2.45, 2.75) is 45.8 Å². The first-order chi connectivity index (χ1) is 9.72. The van der Waals surface area contributed by atoms with Crippen LogP contribution in [-0.2, 0) is 13.1 Å². The first kappa shape index (κ1) is 13.4. The first-order valence-electron chi connectivity index (χ1n) is 7.51. The highest BCUT2D eigenvalue weighted by molar-refractivity contribution is 5.15. The second-order valence-electron chi connectivity index (χ2n) is 5.86. The van der Waals surface area contributed by atoms with E-state index in [9.17, 15) is 0 Å². The number of hydrogen-bond acceptors (Lipinski definition) is 2. The molecule has 0 aliphatic carbocycles. The van der Waals surface area contributed by atoms with Crippen LogP contribution >= 0.6 is 0 Å². The van der Waals surface area contributed by atoms with Gasteiger partial charge in [-0.15, -0.1) is 0 Å². The largest absolute Gasteiger partial charge is 0.294 e. The molecule has 20 heavy (non-hydrogen) atoms. The van der Waals surface area contributed by atoms with Crippen molar-refractivity contribution >= 4 is 0 Å². The summed E-state index contributed by atoms with van der Waals surface area (Å²) < 4.78 is 2.17. The van der Waals surface area contributed by atoms with E-state index in [1.54, 1.807) is 0 Å². The van der Waals surface area contributed by atoms with E-state index >= 15 is 0 Å². The highest BCUT2D eigenvalue weighted by Gasteiger charge is 2.25. The maximum atomic E-state index is 4.61. The molecule has 1 saturated heterocycles. The fourth-order valence-corrected chi connectivity index (χ4v) is 3.19. The molecule has 1 aromatic carbocycles. The number of nitrogens with zero attached hydrogens (tertiary/aromatic N) is 3. The van der Waals surface area contributed by atoms with Gasteiger partial charge in [-0.2, -0.15) is 5.10 Å². The molecule has 0 radical (unpaired) electrons. The Morgan fingerprint density at radius 3 is 2.70 bits per heavy atom. The van der Waals surface area contributed by atoms with Gasteiger partial charge in [-0.05, 0) is 44.9 Å². The summed E-state index contributed by atoms with van der Waals surface area (Å²) in [5, 5.41) is 4.61. The molecule has 1 fully saturated rings. The Labute approximate surface area is 121 Å². The lowest BCUT2D eigenvalue weighted by Gasteiger charge is -2.25. The Morgan fingerprint density at radius 1 is 1.20 bits per heavy atom. The molecule has 1 aromatic heterocycles. The van der Waals surface area contributed by atoms with Gasteiger partial charge in [0, 0.05) is 18.3 Å². The van der Waals surface area contributed by atoms with Crippen LogP contribution in [0.5, 0.6) is 0 Å². The van der Waals surface area contributed by atoms with E-state index in [0.29, 0.717) is 6.04 Å². The molecule has 0 N–H and O–H groups in total. The minimum atomic E-state index is 0.619. The molecular weight excluding hydrogens is 246 g/mol. The molecule has 3 nitrogen and oxygen atoms in total. The smallest absolute Gasteiger partial charge is 0.0596 e. The predicted octanol–water partition coefficient (Wildman–Crippen LogP) is 3.16. The van der Waals surface area contributed by atoms with E-state index in [0.717, 1.165) is 18.8 Å². The molecule has 2 aromatic rings. The third-order valence-corrected chi connectivity index (χ3v) is 4.21. The van der Waals surface area contributed by atoms with E-state index in [4.69, 9.17) is 0 Å². The molecule has 0 bridgehead atoms. The van der Waals surface area contributed by atoms with Crippen molar-refractivity contribution in [2.75, 3.05) is 6.54 Å². The summed E-state index contributed by atoms with van der Waals surface area (Å²) in [6.45, 7) is 7.51. The number of hydrogen-bond donors (Lipinski definition) is 0. The first-order valence-corrected chi connectivity index (χ1v) is 7.51. The van der Waals surface area contributed by atoms with Gasteiger partial charge in [-0.25, -0.2) is 0 Å². The molecule has 3 heteroatoms. The van der Waals surface area contributed by atoms with Crippen LogP contribution in [0.2, 0.25) is 0 Å². The summed E-state index contributed by atoms with van der Waals surface area (Å²) in [6, 6.07) is 13.6. The highest BCUT2D eigenvalue weighted by atomic mass is 15.3. The maximum Gasteiger partial charge on any atom is 0.0596 e. The summed E-state index contributed by atoms with van der Waals surface area (Å²) in [5.74, 6) is 0. The third-order valence-electron chi connectivity index (χ3n) is 4.21. The van der Waals surface area contributed by atoms with E-state index in [1.807, 2.05) is 0 Å². The van der Waals surface area contributed by atoms with Crippen molar-refractivity contribution in [3.63, 3.8) is 0 Å². The van der Waals surface area contributed by atoms with Crippen molar-refractivity contribution in [1.82, 2.24) is 14.7 Å². The summed E-state index contributed by atoms with van der Waals surface area (Å²) >= 11 is 0. The molecule has 1 aliphatic rings. The molecule has 0 amide bonds. The molecule has 0 spiro atoms. The van der Waals surface area contributed by atoms with Gasteiger partial charge in [-0.3, -0.25) is 9.58 Å². The highest BCUT2D eigenvalue weighted by Crippen LogP contribution is 2.22. The van der Waals surface area contributed by atoms with Crippen LogP contribution in [0.25, 0.3) is 0 Å². The third kappa shape index (κ3) is 2.93. The lowest BCUT2D eigenvalue weighted by atomic mass is 10.2. The summed E-state index contributed by atoms with van der Waals surface area (Å²) in [6.07, 6.45) is 2.59. The molecule has 0 unspecified atom stereocenters. The second kappa shape index (κ2) is 5.80. The van der Waals surface area contributed by atoms with Crippen LogP contribution in [0, 0.1) is 13.8 Å². The predicted molar refractivity (Wildman–Crippen MR) is 81.6 cm³/mol. The lowest BCUT2D eigenvalue weighted by molar-refractivity contribution is 0.218. The van der Waals surface area contributed by atoms with Crippen molar-refractivity contribution in [1.29, 1.82) is 0 Å².